The predicted octanol–water partition coefficient (Wildman–Crippen LogP) is 1.88. The van der Waals surface area contributed by atoms with Gasteiger partial charge in [-0.1, -0.05) is 13.8 Å². The molecule has 0 aromatic rings. The maximum atomic E-state index is 6.18. The molecule has 0 amide bonds. The molecular formula is C16H32N2O2. The Kier molecular flexibility index (Phi) is 5.84. The van der Waals surface area contributed by atoms with Gasteiger partial charge in [-0.2, -0.15) is 0 Å². The SMILES string of the molecule is CC(C)C1CC(CN)(N(C)CC2CCCOC2)CCO1. The third-order valence-corrected chi connectivity index (χ3v) is 5.20. The summed E-state index contributed by atoms with van der Waals surface area (Å²) in [6.07, 6.45) is 4.94. The van der Waals surface area contributed by atoms with E-state index >= 15 is 0 Å². The first-order valence-electron chi connectivity index (χ1n) is 8.18. The second-order valence-electron chi connectivity index (χ2n) is 7.00. The maximum absolute atomic E-state index is 6.18. The van der Waals surface area contributed by atoms with E-state index in [2.05, 4.69) is 25.8 Å². The van der Waals surface area contributed by atoms with Gasteiger partial charge in [-0.15, -0.1) is 0 Å². The minimum atomic E-state index is 0.116. The molecule has 2 N–H and O–H groups in total. The third kappa shape index (κ3) is 3.73. The van der Waals surface area contributed by atoms with Crippen LogP contribution in [0.2, 0.25) is 0 Å². The molecule has 2 rings (SSSR count). The Bertz CT molecular complexity index is 292. The standard InChI is InChI=1S/C16H32N2O2/c1-13(2)15-9-16(12-17,6-8-20-15)18(3)10-14-5-4-7-19-11-14/h13-15H,4-12,17H2,1-3H3. The molecule has 0 radical (unpaired) electrons. The van der Waals surface area contributed by atoms with Crippen molar-refractivity contribution in [2.24, 2.45) is 17.6 Å². The second-order valence-corrected chi connectivity index (χ2v) is 7.00. The summed E-state index contributed by atoms with van der Waals surface area (Å²) in [5.41, 5.74) is 6.29. The lowest BCUT2D eigenvalue weighted by atomic mass is 9.81. The van der Waals surface area contributed by atoms with Crippen molar-refractivity contribution in [1.82, 2.24) is 4.90 Å². The number of hydrogen-bond acceptors (Lipinski definition) is 4. The Labute approximate surface area is 124 Å². The molecule has 2 heterocycles. The number of nitrogens with zero attached hydrogens (tertiary/aromatic N) is 1. The van der Waals surface area contributed by atoms with E-state index in [0.717, 1.165) is 45.8 Å². The molecule has 118 valence electrons. The van der Waals surface area contributed by atoms with Crippen molar-refractivity contribution in [1.29, 1.82) is 0 Å². The number of hydrogen-bond donors (Lipinski definition) is 1. The van der Waals surface area contributed by atoms with Crippen LogP contribution in [-0.2, 0) is 9.47 Å². The van der Waals surface area contributed by atoms with Crippen molar-refractivity contribution < 1.29 is 9.47 Å². The summed E-state index contributed by atoms with van der Waals surface area (Å²) < 4.78 is 11.5. The van der Waals surface area contributed by atoms with Crippen molar-refractivity contribution in [3.63, 3.8) is 0 Å². The maximum Gasteiger partial charge on any atom is 0.0616 e. The van der Waals surface area contributed by atoms with Gasteiger partial charge >= 0.3 is 0 Å². The zero-order valence-electron chi connectivity index (χ0n) is 13.4. The zero-order chi connectivity index (χ0) is 14.6. The molecule has 0 bridgehead atoms. The van der Waals surface area contributed by atoms with Gasteiger partial charge in [0.25, 0.3) is 0 Å². The van der Waals surface area contributed by atoms with E-state index in [0.29, 0.717) is 17.9 Å². The van der Waals surface area contributed by atoms with Crippen molar-refractivity contribution in [2.75, 3.05) is 40.0 Å². The van der Waals surface area contributed by atoms with Gasteiger partial charge in [-0.05, 0) is 44.6 Å². The van der Waals surface area contributed by atoms with Gasteiger partial charge in [-0.25, -0.2) is 0 Å². The van der Waals surface area contributed by atoms with Crippen LogP contribution in [0, 0.1) is 11.8 Å². The van der Waals surface area contributed by atoms with Gasteiger partial charge in [0, 0.05) is 31.8 Å². The second kappa shape index (κ2) is 7.21. The van der Waals surface area contributed by atoms with Gasteiger partial charge in [0.1, 0.15) is 0 Å². The van der Waals surface area contributed by atoms with Crippen LogP contribution in [0.4, 0.5) is 0 Å². The Balaban J connectivity index is 1.97. The van der Waals surface area contributed by atoms with E-state index in [1.54, 1.807) is 0 Å². The van der Waals surface area contributed by atoms with E-state index in [1.807, 2.05) is 0 Å². The molecular weight excluding hydrogens is 252 g/mol. The predicted molar refractivity (Wildman–Crippen MR) is 81.8 cm³/mol. The Morgan fingerprint density at radius 2 is 2.15 bits per heavy atom. The van der Waals surface area contributed by atoms with E-state index in [1.165, 1.54) is 12.8 Å². The molecule has 2 aliphatic rings. The van der Waals surface area contributed by atoms with Gasteiger partial charge < -0.3 is 15.2 Å². The summed E-state index contributed by atoms with van der Waals surface area (Å²) in [7, 11) is 2.24. The van der Waals surface area contributed by atoms with E-state index in [9.17, 15) is 0 Å². The summed E-state index contributed by atoms with van der Waals surface area (Å²) in [5.74, 6) is 1.23. The van der Waals surface area contributed by atoms with Crippen molar-refractivity contribution in [3.05, 3.63) is 0 Å². The molecule has 2 saturated heterocycles. The molecule has 0 saturated carbocycles. The highest BCUT2D eigenvalue weighted by molar-refractivity contribution is 4.96. The lowest BCUT2D eigenvalue weighted by Gasteiger charge is -2.48. The van der Waals surface area contributed by atoms with E-state index < -0.39 is 0 Å². The lowest BCUT2D eigenvalue weighted by Crippen LogP contribution is -2.59. The van der Waals surface area contributed by atoms with Gasteiger partial charge in [0.15, 0.2) is 0 Å². The average Bonchev–Trinajstić information content (AvgIpc) is 2.48. The first-order valence-corrected chi connectivity index (χ1v) is 8.18. The fourth-order valence-corrected chi connectivity index (χ4v) is 3.58. The first kappa shape index (κ1) is 16.2. The van der Waals surface area contributed by atoms with E-state index in [-0.39, 0.29) is 5.54 Å². The van der Waals surface area contributed by atoms with Crippen molar-refractivity contribution in [3.8, 4) is 0 Å². The molecule has 2 fully saturated rings. The highest BCUT2D eigenvalue weighted by Crippen LogP contribution is 2.33. The van der Waals surface area contributed by atoms with Gasteiger partial charge in [0.05, 0.1) is 12.7 Å². The number of likely N-dealkylation sites (N-methyl/N-ethyl adjacent to an activating group) is 1. The Hall–Kier alpha value is -0.160. The molecule has 3 unspecified atom stereocenters. The highest BCUT2D eigenvalue weighted by Gasteiger charge is 2.40. The van der Waals surface area contributed by atoms with Crippen LogP contribution < -0.4 is 5.73 Å². The molecule has 0 aromatic heterocycles. The minimum Gasteiger partial charge on any atom is -0.381 e. The molecule has 0 aromatic carbocycles. The fraction of sp³-hybridized carbons (Fsp3) is 1.00. The van der Waals surface area contributed by atoms with Crippen LogP contribution in [0.25, 0.3) is 0 Å². The molecule has 20 heavy (non-hydrogen) atoms. The molecule has 3 atom stereocenters. The summed E-state index contributed by atoms with van der Waals surface area (Å²) >= 11 is 0. The molecule has 0 spiro atoms. The lowest BCUT2D eigenvalue weighted by molar-refractivity contribution is -0.0879. The van der Waals surface area contributed by atoms with Crippen LogP contribution in [0.1, 0.15) is 39.5 Å². The molecule has 2 aliphatic heterocycles. The Morgan fingerprint density at radius 3 is 2.75 bits per heavy atom. The zero-order valence-corrected chi connectivity index (χ0v) is 13.4. The number of nitrogens with two attached hydrogens (primary N) is 1. The smallest absolute Gasteiger partial charge is 0.0616 e. The monoisotopic (exact) mass is 284 g/mol. The fourth-order valence-electron chi connectivity index (χ4n) is 3.58. The summed E-state index contributed by atoms with van der Waals surface area (Å²) in [6, 6.07) is 0. The highest BCUT2D eigenvalue weighted by atomic mass is 16.5. The van der Waals surface area contributed by atoms with Crippen molar-refractivity contribution in [2.45, 2.75) is 51.2 Å². The van der Waals surface area contributed by atoms with Crippen LogP contribution in [0.5, 0.6) is 0 Å². The first-order chi connectivity index (χ1) is 9.57. The molecule has 4 heteroatoms. The summed E-state index contributed by atoms with van der Waals surface area (Å²) in [5, 5.41) is 0. The normalized spacial score (nSPS) is 35.7. The number of ether oxygens (including phenoxy) is 2. The summed E-state index contributed by atoms with van der Waals surface area (Å²) in [4.78, 5) is 2.50. The quantitative estimate of drug-likeness (QED) is 0.837. The number of rotatable bonds is 5. The van der Waals surface area contributed by atoms with Crippen LogP contribution in [0.15, 0.2) is 0 Å². The largest absolute Gasteiger partial charge is 0.381 e. The average molecular weight is 284 g/mol. The topological polar surface area (TPSA) is 47.7 Å². The van der Waals surface area contributed by atoms with Crippen LogP contribution in [-0.4, -0.2) is 56.5 Å². The Morgan fingerprint density at radius 1 is 1.35 bits per heavy atom. The van der Waals surface area contributed by atoms with Crippen LogP contribution in [0.3, 0.4) is 0 Å². The van der Waals surface area contributed by atoms with Gasteiger partial charge in [-0.3, -0.25) is 4.90 Å². The molecule has 0 aliphatic carbocycles. The van der Waals surface area contributed by atoms with Crippen molar-refractivity contribution >= 4 is 0 Å². The molecule has 4 nitrogen and oxygen atoms in total. The van der Waals surface area contributed by atoms with Crippen LogP contribution >= 0.6 is 0 Å². The summed E-state index contributed by atoms with van der Waals surface area (Å²) in [6.45, 7) is 9.00. The minimum absolute atomic E-state index is 0.116. The van der Waals surface area contributed by atoms with E-state index in [4.69, 9.17) is 15.2 Å². The van der Waals surface area contributed by atoms with Gasteiger partial charge in [0.2, 0.25) is 0 Å². The third-order valence-electron chi connectivity index (χ3n) is 5.20.